The quantitative estimate of drug-likeness (QED) is 0.627. The Hall–Kier alpha value is -3.10. The summed E-state index contributed by atoms with van der Waals surface area (Å²) in [6.07, 6.45) is -4.69. The fourth-order valence-corrected chi connectivity index (χ4v) is 2.05. The fraction of sp³-hybridized carbons (Fsp3) is 0.188. The lowest BCUT2D eigenvalue weighted by atomic mass is 10.1. The largest absolute Gasteiger partial charge is 0.416 e. The Kier molecular flexibility index (Phi) is 5.26. The van der Waals surface area contributed by atoms with Crippen LogP contribution in [0.5, 0.6) is 0 Å². The number of benzene rings is 2. The van der Waals surface area contributed by atoms with Crippen molar-refractivity contribution in [2.45, 2.75) is 19.1 Å². The van der Waals surface area contributed by atoms with E-state index in [0.717, 1.165) is 12.1 Å². The van der Waals surface area contributed by atoms with Crippen LogP contribution in [-0.4, -0.2) is 16.9 Å². The van der Waals surface area contributed by atoms with E-state index in [2.05, 4.69) is 10.6 Å². The maximum atomic E-state index is 12.7. The van der Waals surface area contributed by atoms with Gasteiger partial charge in [0, 0.05) is 11.8 Å². The van der Waals surface area contributed by atoms with Gasteiger partial charge in [0.15, 0.2) is 0 Å². The molecule has 0 aromatic heterocycles. The van der Waals surface area contributed by atoms with E-state index in [1.54, 1.807) is 30.3 Å². The highest BCUT2D eigenvalue weighted by atomic mass is 19.4. The highest BCUT2D eigenvalue weighted by Crippen LogP contribution is 2.35. The van der Waals surface area contributed by atoms with Crippen LogP contribution < -0.4 is 10.6 Å². The number of rotatable bonds is 5. The summed E-state index contributed by atoms with van der Waals surface area (Å²) in [5.41, 5.74) is -1.53. The molecule has 0 radical (unpaired) electrons. The number of halogens is 3. The van der Waals surface area contributed by atoms with Crippen molar-refractivity contribution in [3.63, 3.8) is 0 Å². The van der Waals surface area contributed by atoms with Gasteiger partial charge in [0.25, 0.3) is 5.69 Å². The van der Waals surface area contributed by atoms with Gasteiger partial charge in [0.2, 0.25) is 5.91 Å². The number of nitrogens with one attached hydrogen (secondary N) is 2. The molecule has 132 valence electrons. The van der Waals surface area contributed by atoms with Gasteiger partial charge in [0.05, 0.1) is 10.5 Å². The molecule has 0 aliphatic rings. The summed E-state index contributed by atoms with van der Waals surface area (Å²) in [7, 11) is 0. The minimum Gasteiger partial charge on any atom is -0.368 e. The average molecular weight is 353 g/mol. The molecule has 0 aliphatic heterocycles. The van der Waals surface area contributed by atoms with Crippen LogP contribution in [0.3, 0.4) is 0 Å². The SMILES string of the molecule is C[C@H](Nc1ccc(C(F)(F)F)cc1[N+](=O)[O-])C(=O)Nc1ccccc1. The third kappa shape index (κ3) is 4.69. The predicted octanol–water partition coefficient (Wildman–Crippen LogP) is 4.05. The Labute approximate surface area is 140 Å². The van der Waals surface area contributed by atoms with Gasteiger partial charge in [-0.05, 0) is 31.2 Å². The highest BCUT2D eigenvalue weighted by molar-refractivity contribution is 5.96. The number of carbonyl (C=O) groups is 1. The molecule has 9 heteroatoms. The number of nitro groups is 1. The molecule has 2 N–H and O–H groups in total. The zero-order valence-electron chi connectivity index (χ0n) is 13.0. The Morgan fingerprint density at radius 3 is 2.36 bits per heavy atom. The summed E-state index contributed by atoms with van der Waals surface area (Å²) >= 11 is 0. The number of para-hydroxylation sites is 1. The maximum absolute atomic E-state index is 12.7. The number of amides is 1. The highest BCUT2D eigenvalue weighted by Gasteiger charge is 2.33. The standard InChI is InChI=1S/C16H14F3N3O3/c1-10(15(23)21-12-5-3-2-4-6-12)20-13-8-7-11(16(17,18)19)9-14(13)22(24)25/h2-10,20H,1H3,(H,21,23)/t10-/m0/s1. The van der Waals surface area contributed by atoms with Gasteiger partial charge in [-0.3, -0.25) is 14.9 Å². The van der Waals surface area contributed by atoms with Gasteiger partial charge < -0.3 is 10.6 Å². The first-order valence-electron chi connectivity index (χ1n) is 7.16. The lowest BCUT2D eigenvalue weighted by Gasteiger charge is -2.16. The van der Waals surface area contributed by atoms with E-state index in [-0.39, 0.29) is 5.69 Å². The zero-order valence-corrected chi connectivity index (χ0v) is 13.0. The van der Waals surface area contributed by atoms with Crippen LogP contribution >= 0.6 is 0 Å². The van der Waals surface area contributed by atoms with Gasteiger partial charge in [-0.1, -0.05) is 18.2 Å². The van der Waals surface area contributed by atoms with E-state index in [1.165, 1.54) is 6.92 Å². The molecule has 0 unspecified atom stereocenters. The molecule has 0 heterocycles. The molecule has 0 saturated carbocycles. The first-order valence-corrected chi connectivity index (χ1v) is 7.16. The minimum atomic E-state index is -4.69. The number of alkyl halides is 3. The summed E-state index contributed by atoms with van der Waals surface area (Å²) in [5, 5.41) is 16.2. The van der Waals surface area contributed by atoms with Crippen molar-refractivity contribution in [1.82, 2.24) is 0 Å². The van der Waals surface area contributed by atoms with Crippen molar-refractivity contribution in [1.29, 1.82) is 0 Å². The van der Waals surface area contributed by atoms with Crippen molar-refractivity contribution >= 4 is 23.0 Å². The van der Waals surface area contributed by atoms with Crippen LogP contribution in [-0.2, 0) is 11.0 Å². The molecule has 6 nitrogen and oxygen atoms in total. The molecule has 25 heavy (non-hydrogen) atoms. The van der Waals surface area contributed by atoms with Crippen molar-refractivity contribution in [2.75, 3.05) is 10.6 Å². The Morgan fingerprint density at radius 1 is 1.16 bits per heavy atom. The van der Waals surface area contributed by atoms with Crippen LogP contribution in [0.15, 0.2) is 48.5 Å². The predicted molar refractivity (Wildman–Crippen MR) is 86.3 cm³/mol. The summed E-state index contributed by atoms with van der Waals surface area (Å²) in [6, 6.07) is 9.70. The van der Waals surface area contributed by atoms with E-state index in [1.807, 2.05) is 0 Å². The van der Waals surface area contributed by atoms with Crippen molar-refractivity contribution in [3.8, 4) is 0 Å². The average Bonchev–Trinajstić information content (AvgIpc) is 2.54. The first-order chi connectivity index (χ1) is 11.7. The number of anilines is 2. The second-order valence-corrected chi connectivity index (χ2v) is 5.21. The molecular weight excluding hydrogens is 339 g/mol. The molecule has 0 bridgehead atoms. The van der Waals surface area contributed by atoms with E-state index in [4.69, 9.17) is 0 Å². The molecule has 2 rings (SSSR count). The lowest BCUT2D eigenvalue weighted by molar-refractivity contribution is -0.384. The zero-order chi connectivity index (χ0) is 18.6. The van der Waals surface area contributed by atoms with Gasteiger partial charge in [-0.25, -0.2) is 0 Å². The maximum Gasteiger partial charge on any atom is 0.416 e. The topological polar surface area (TPSA) is 84.3 Å². The van der Waals surface area contributed by atoms with Gasteiger partial charge in [-0.2, -0.15) is 13.2 Å². The van der Waals surface area contributed by atoms with Crippen molar-refractivity contribution in [2.24, 2.45) is 0 Å². The molecule has 2 aromatic rings. The number of hydrogen-bond donors (Lipinski definition) is 2. The Balaban J connectivity index is 2.18. The van der Waals surface area contributed by atoms with Crippen LogP contribution in [0.2, 0.25) is 0 Å². The van der Waals surface area contributed by atoms with Crippen LogP contribution in [0.25, 0.3) is 0 Å². The second-order valence-electron chi connectivity index (χ2n) is 5.21. The Morgan fingerprint density at radius 2 is 1.80 bits per heavy atom. The number of nitrogens with zero attached hydrogens (tertiary/aromatic N) is 1. The summed E-state index contributed by atoms with van der Waals surface area (Å²) in [6.45, 7) is 1.44. The minimum absolute atomic E-state index is 0.172. The van der Waals surface area contributed by atoms with E-state index < -0.39 is 34.3 Å². The molecule has 1 atom stereocenters. The number of carbonyl (C=O) groups excluding carboxylic acids is 1. The molecule has 1 amide bonds. The Bertz CT molecular complexity index is 779. The fourth-order valence-electron chi connectivity index (χ4n) is 2.05. The second kappa shape index (κ2) is 7.20. The van der Waals surface area contributed by atoms with Gasteiger partial charge >= 0.3 is 6.18 Å². The van der Waals surface area contributed by atoms with Gasteiger partial charge in [-0.15, -0.1) is 0 Å². The number of hydrogen-bond acceptors (Lipinski definition) is 4. The normalized spacial score (nSPS) is 12.3. The summed E-state index contributed by atoms with van der Waals surface area (Å²) in [5.74, 6) is -0.486. The molecule has 0 fully saturated rings. The van der Waals surface area contributed by atoms with E-state index >= 15 is 0 Å². The van der Waals surface area contributed by atoms with Crippen LogP contribution in [0.1, 0.15) is 12.5 Å². The number of nitro benzene ring substituents is 1. The summed E-state index contributed by atoms with van der Waals surface area (Å²) in [4.78, 5) is 22.2. The molecule has 0 spiro atoms. The molecular formula is C16H14F3N3O3. The monoisotopic (exact) mass is 353 g/mol. The van der Waals surface area contributed by atoms with Crippen molar-refractivity contribution < 1.29 is 22.9 Å². The first kappa shape index (κ1) is 18.2. The summed E-state index contributed by atoms with van der Waals surface area (Å²) < 4.78 is 38.1. The molecule has 0 aliphatic carbocycles. The molecule has 2 aromatic carbocycles. The molecule has 0 saturated heterocycles. The van der Waals surface area contributed by atoms with E-state index in [9.17, 15) is 28.1 Å². The third-order valence-electron chi connectivity index (χ3n) is 3.33. The van der Waals surface area contributed by atoms with Gasteiger partial charge in [0.1, 0.15) is 11.7 Å². The third-order valence-corrected chi connectivity index (χ3v) is 3.33. The van der Waals surface area contributed by atoms with E-state index in [0.29, 0.717) is 11.8 Å². The van der Waals surface area contributed by atoms with Crippen molar-refractivity contribution in [3.05, 3.63) is 64.2 Å². The van der Waals surface area contributed by atoms with Crippen LogP contribution in [0, 0.1) is 10.1 Å². The lowest BCUT2D eigenvalue weighted by Crippen LogP contribution is -2.32. The smallest absolute Gasteiger partial charge is 0.368 e. The van der Waals surface area contributed by atoms with Crippen LogP contribution in [0.4, 0.5) is 30.2 Å².